The van der Waals surface area contributed by atoms with Gasteiger partial charge in [0.25, 0.3) is 0 Å². The fourth-order valence-corrected chi connectivity index (χ4v) is 2.91. The van der Waals surface area contributed by atoms with Crippen LogP contribution in [-0.4, -0.2) is 6.54 Å². The SMILES string of the molecule is CC1(CNCc2c(F)cc(C#N)cc2F)CCCCC1. The molecule has 1 aliphatic carbocycles. The van der Waals surface area contributed by atoms with Crippen LogP contribution in [0.15, 0.2) is 12.1 Å². The van der Waals surface area contributed by atoms with Crippen LogP contribution < -0.4 is 5.32 Å². The lowest BCUT2D eigenvalue weighted by Crippen LogP contribution is -2.33. The summed E-state index contributed by atoms with van der Waals surface area (Å²) in [6, 6.07) is 3.92. The molecule has 108 valence electrons. The maximum atomic E-state index is 13.7. The van der Waals surface area contributed by atoms with Crippen molar-refractivity contribution in [2.75, 3.05) is 6.54 Å². The minimum atomic E-state index is -0.650. The first-order chi connectivity index (χ1) is 9.54. The van der Waals surface area contributed by atoms with Crippen LogP contribution in [0.1, 0.15) is 50.2 Å². The van der Waals surface area contributed by atoms with Gasteiger partial charge in [0.1, 0.15) is 11.6 Å². The Hall–Kier alpha value is -1.47. The molecule has 1 saturated carbocycles. The van der Waals surface area contributed by atoms with Crippen LogP contribution in [0, 0.1) is 28.4 Å². The zero-order chi connectivity index (χ0) is 14.6. The summed E-state index contributed by atoms with van der Waals surface area (Å²) >= 11 is 0. The predicted molar refractivity (Wildman–Crippen MR) is 74.0 cm³/mol. The van der Waals surface area contributed by atoms with Gasteiger partial charge in [-0.25, -0.2) is 8.78 Å². The Morgan fingerprint density at radius 3 is 2.35 bits per heavy atom. The molecular formula is C16H20F2N2. The van der Waals surface area contributed by atoms with Crippen LogP contribution in [0.25, 0.3) is 0 Å². The second-order valence-corrected chi connectivity index (χ2v) is 6.01. The van der Waals surface area contributed by atoms with Crippen molar-refractivity contribution < 1.29 is 8.78 Å². The molecule has 4 heteroatoms. The van der Waals surface area contributed by atoms with Crippen molar-refractivity contribution in [1.29, 1.82) is 5.26 Å². The van der Waals surface area contributed by atoms with Gasteiger partial charge in [0.2, 0.25) is 0 Å². The quantitative estimate of drug-likeness (QED) is 0.906. The minimum absolute atomic E-state index is 0.0167. The van der Waals surface area contributed by atoms with Crippen molar-refractivity contribution in [3.8, 4) is 6.07 Å². The lowest BCUT2D eigenvalue weighted by Gasteiger charge is -2.33. The van der Waals surface area contributed by atoms with Crippen LogP contribution >= 0.6 is 0 Å². The molecule has 2 rings (SSSR count). The van der Waals surface area contributed by atoms with Crippen LogP contribution in [0.5, 0.6) is 0 Å². The van der Waals surface area contributed by atoms with E-state index in [4.69, 9.17) is 5.26 Å². The maximum Gasteiger partial charge on any atom is 0.131 e. The molecule has 0 radical (unpaired) electrons. The summed E-state index contributed by atoms with van der Waals surface area (Å²) in [5.74, 6) is -1.30. The molecule has 0 aliphatic heterocycles. The van der Waals surface area contributed by atoms with Gasteiger partial charge in [0.05, 0.1) is 11.6 Å². The lowest BCUT2D eigenvalue weighted by molar-refractivity contribution is 0.207. The first-order valence-electron chi connectivity index (χ1n) is 7.13. The summed E-state index contributed by atoms with van der Waals surface area (Å²) in [6.07, 6.45) is 6.08. The highest BCUT2D eigenvalue weighted by Crippen LogP contribution is 2.35. The Labute approximate surface area is 118 Å². The molecule has 1 fully saturated rings. The van der Waals surface area contributed by atoms with E-state index in [-0.39, 0.29) is 23.1 Å². The molecule has 0 aromatic heterocycles. The van der Waals surface area contributed by atoms with Gasteiger partial charge >= 0.3 is 0 Å². The van der Waals surface area contributed by atoms with Gasteiger partial charge in [-0.05, 0) is 30.4 Å². The van der Waals surface area contributed by atoms with Gasteiger partial charge in [-0.2, -0.15) is 5.26 Å². The lowest BCUT2D eigenvalue weighted by atomic mass is 9.76. The van der Waals surface area contributed by atoms with E-state index in [0.29, 0.717) is 0 Å². The smallest absolute Gasteiger partial charge is 0.131 e. The Morgan fingerprint density at radius 2 is 1.80 bits per heavy atom. The number of benzene rings is 1. The molecule has 1 aromatic rings. The van der Waals surface area contributed by atoms with Gasteiger partial charge in [0, 0.05) is 18.7 Å². The van der Waals surface area contributed by atoms with Crippen LogP contribution in [-0.2, 0) is 6.54 Å². The number of nitriles is 1. The summed E-state index contributed by atoms with van der Waals surface area (Å²) in [7, 11) is 0. The monoisotopic (exact) mass is 278 g/mol. The number of nitrogens with zero attached hydrogens (tertiary/aromatic N) is 1. The van der Waals surface area contributed by atoms with Gasteiger partial charge < -0.3 is 5.32 Å². The summed E-state index contributed by atoms with van der Waals surface area (Å²) in [5, 5.41) is 11.8. The van der Waals surface area contributed by atoms with Gasteiger partial charge in [-0.3, -0.25) is 0 Å². The van der Waals surface area contributed by atoms with E-state index < -0.39 is 11.6 Å². The predicted octanol–water partition coefficient (Wildman–Crippen LogP) is 3.90. The fraction of sp³-hybridized carbons (Fsp3) is 0.562. The molecular weight excluding hydrogens is 258 g/mol. The molecule has 0 heterocycles. The number of hydrogen-bond acceptors (Lipinski definition) is 2. The second kappa shape index (κ2) is 6.32. The average molecular weight is 278 g/mol. The van der Waals surface area contributed by atoms with Crippen molar-refractivity contribution in [3.63, 3.8) is 0 Å². The summed E-state index contributed by atoms with van der Waals surface area (Å²) in [6.45, 7) is 3.16. The minimum Gasteiger partial charge on any atom is -0.312 e. The highest BCUT2D eigenvalue weighted by atomic mass is 19.1. The Bertz CT molecular complexity index is 491. The van der Waals surface area contributed by atoms with Crippen LogP contribution in [0.3, 0.4) is 0 Å². The third-order valence-corrected chi connectivity index (χ3v) is 4.18. The molecule has 0 unspecified atom stereocenters. The summed E-state index contributed by atoms with van der Waals surface area (Å²) < 4.78 is 27.5. The molecule has 1 N–H and O–H groups in total. The third kappa shape index (κ3) is 3.55. The van der Waals surface area contributed by atoms with Gasteiger partial charge in [-0.1, -0.05) is 26.2 Å². The van der Waals surface area contributed by atoms with Crippen molar-refractivity contribution in [3.05, 3.63) is 34.9 Å². The van der Waals surface area contributed by atoms with Crippen molar-refractivity contribution in [2.45, 2.75) is 45.6 Å². The van der Waals surface area contributed by atoms with Crippen molar-refractivity contribution >= 4 is 0 Å². The molecule has 0 spiro atoms. The Morgan fingerprint density at radius 1 is 1.20 bits per heavy atom. The normalized spacial score (nSPS) is 17.7. The molecule has 0 atom stereocenters. The number of hydrogen-bond donors (Lipinski definition) is 1. The zero-order valence-electron chi connectivity index (χ0n) is 11.8. The maximum absolute atomic E-state index is 13.7. The Kier molecular flexibility index (Phi) is 4.72. The van der Waals surface area contributed by atoms with E-state index in [1.807, 2.05) is 0 Å². The van der Waals surface area contributed by atoms with Gasteiger partial charge in [-0.15, -0.1) is 0 Å². The molecule has 1 aliphatic rings. The molecule has 0 bridgehead atoms. The second-order valence-electron chi connectivity index (χ2n) is 6.01. The van der Waals surface area contributed by atoms with Crippen LogP contribution in [0.2, 0.25) is 0 Å². The first-order valence-corrected chi connectivity index (χ1v) is 7.13. The van der Waals surface area contributed by atoms with Crippen molar-refractivity contribution in [2.24, 2.45) is 5.41 Å². The number of halogens is 2. The van der Waals surface area contributed by atoms with Crippen molar-refractivity contribution in [1.82, 2.24) is 5.32 Å². The highest BCUT2D eigenvalue weighted by molar-refractivity contribution is 5.34. The van der Waals surface area contributed by atoms with E-state index in [9.17, 15) is 8.78 Å². The van der Waals surface area contributed by atoms with Crippen LogP contribution in [0.4, 0.5) is 8.78 Å². The van der Waals surface area contributed by atoms with E-state index in [1.54, 1.807) is 6.07 Å². The Balaban J connectivity index is 1.96. The number of rotatable bonds is 4. The molecule has 20 heavy (non-hydrogen) atoms. The van der Waals surface area contributed by atoms with E-state index in [0.717, 1.165) is 18.7 Å². The fourth-order valence-electron chi connectivity index (χ4n) is 2.91. The third-order valence-electron chi connectivity index (χ3n) is 4.18. The van der Waals surface area contributed by atoms with Gasteiger partial charge in [0.15, 0.2) is 0 Å². The molecule has 1 aromatic carbocycles. The highest BCUT2D eigenvalue weighted by Gasteiger charge is 2.26. The number of nitrogens with one attached hydrogen (secondary N) is 1. The van der Waals surface area contributed by atoms with E-state index >= 15 is 0 Å². The topological polar surface area (TPSA) is 35.8 Å². The van der Waals surface area contributed by atoms with E-state index in [2.05, 4.69) is 12.2 Å². The average Bonchev–Trinajstić information content (AvgIpc) is 2.42. The first kappa shape index (κ1) is 14.9. The standard InChI is InChI=1S/C16H20F2N2/c1-16(5-3-2-4-6-16)11-20-10-13-14(17)7-12(9-19)8-15(13)18/h7-8,20H,2-6,10-11H2,1H3. The summed E-state index contributed by atoms with van der Waals surface area (Å²) in [5.41, 5.74) is 0.268. The molecule has 0 saturated heterocycles. The summed E-state index contributed by atoms with van der Waals surface area (Å²) in [4.78, 5) is 0. The molecule has 2 nitrogen and oxygen atoms in total. The molecule has 0 amide bonds. The zero-order valence-corrected chi connectivity index (χ0v) is 11.8. The largest absolute Gasteiger partial charge is 0.312 e. The van der Waals surface area contributed by atoms with E-state index in [1.165, 1.54) is 32.1 Å².